The second-order valence-corrected chi connectivity index (χ2v) is 4.16. The van der Waals surface area contributed by atoms with Gasteiger partial charge in [0.15, 0.2) is 5.69 Å². The molecule has 1 atom stereocenters. The van der Waals surface area contributed by atoms with Crippen molar-refractivity contribution in [2.45, 2.75) is 13.0 Å². The van der Waals surface area contributed by atoms with Gasteiger partial charge in [-0.15, -0.1) is 0 Å². The van der Waals surface area contributed by atoms with E-state index in [2.05, 4.69) is 16.4 Å². The Morgan fingerprint density at radius 3 is 3.32 bits per heavy atom. The number of hydrogen-bond acceptors (Lipinski definition) is 5. The molecule has 0 radical (unpaired) electrons. The largest absolute Gasteiger partial charge is 0.377 e. The topological polar surface area (TPSA) is 78.2 Å². The van der Waals surface area contributed by atoms with Crippen molar-refractivity contribution in [1.82, 2.24) is 10.3 Å². The van der Waals surface area contributed by atoms with E-state index in [1.165, 1.54) is 0 Å². The smallest absolute Gasteiger partial charge is 0.245 e. The number of carbonyl (C=O) groups excluding carboxylic acids is 1. The minimum Gasteiger partial charge on any atom is -0.377 e. The van der Waals surface area contributed by atoms with Crippen LogP contribution in [0.3, 0.4) is 0 Å². The van der Waals surface area contributed by atoms with Gasteiger partial charge < -0.3 is 15.0 Å². The first-order chi connectivity index (χ1) is 9.27. The lowest BCUT2D eigenvalue weighted by molar-refractivity contribution is -0.124. The molecule has 1 aliphatic heterocycles. The van der Waals surface area contributed by atoms with Gasteiger partial charge in [-0.1, -0.05) is 0 Å². The van der Waals surface area contributed by atoms with Gasteiger partial charge in [-0.25, -0.2) is 4.98 Å². The molecule has 1 N–H and O–H groups in total. The number of nitrogens with zero attached hydrogens (tertiary/aromatic N) is 3. The van der Waals surface area contributed by atoms with E-state index < -0.39 is 6.04 Å². The average Bonchev–Trinajstić information content (AvgIpc) is 2.47. The molecule has 6 nitrogen and oxygen atoms in total. The summed E-state index contributed by atoms with van der Waals surface area (Å²) in [6.07, 6.45) is 1.57. The van der Waals surface area contributed by atoms with Gasteiger partial charge in [0.05, 0.1) is 18.9 Å². The molecule has 0 aromatic carbocycles. The number of pyridine rings is 1. The Bertz CT molecular complexity index is 498. The Labute approximate surface area is 112 Å². The maximum Gasteiger partial charge on any atom is 0.245 e. The Hall–Kier alpha value is -2.13. The minimum atomic E-state index is -0.412. The monoisotopic (exact) mass is 260 g/mol. The van der Waals surface area contributed by atoms with E-state index in [-0.39, 0.29) is 5.91 Å². The van der Waals surface area contributed by atoms with Crippen LogP contribution in [0.2, 0.25) is 0 Å². The molecule has 0 bridgehead atoms. The van der Waals surface area contributed by atoms with Gasteiger partial charge in [0.25, 0.3) is 0 Å². The van der Waals surface area contributed by atoms with Crippen molar-refractivity contribution < 1.29 is 9.53 Å². The van der Waals surface area contributed by atoms with Crippen LogP contribution in [0.15, 0.2) is 18.3 Å². The van der Waals surface area contributed by atoms with Crippen molar-refractivity contribution in [3.8, 4) is 6.07 Å². The first kappa shape index (κ1) is 13.3. The quantitative estimate of drug-likeness (QED) is 0.845. The first-order valence-corrected chi connectivity index (χ1v) is 6.25. The summed E-state index contributed by atoms with van der Waals surface area (Å²) in [5, 5.41) is 11.9. The lowest BCUT2D eigenvalue weighted by Gasteiger charge is -2.36. The first-order valence-electron chi connectivity index (χ1n) is 6.25. The van der Waals surface area contributed by atoms with Gasteiger partial charge in [-0.3, -0.25) is 4.79 Å². The second-order valence-electron chi connectivity index (χ2n) is 4.16. The third kappa shape index (κ3) is 2.83. The molecule has 1 aromatic rings. The fraction of sp³-hybridized carbons (Fsp3) is 0.462. The maximum absolute atomic E-state index is 12.0. The second kappa shape index (κ2) is 6.16. The number of rotatable bonds is 3. The lowest BCUT2D eigenvalue weighted by atomic mass is 10.1. The van der Waals surface area contributed by atoms with E-state index in [1.54, 1.807) is 12.3 Å². The van der Waals surface area contributed by atoms with Crippen molar-refractivity contribution in [2.75, 3.05) is 31.2 Å². The summed E-state index contributed by atoms with van der Waals surface area (Å²) in [5.41, 5.74) is 1.02. The normalized spacial score (nSPS) is 18.7. The van der Waals surface area contributed by atoms with Crippen LogP contribution in [0.5, 0.6) is 0 Å². The fourth-order valence-electron chi connectivity index (χ4n) is 2.12. The Morgan fingerprint density at radius 2 is 2.58 bits per heavy atom. The number of ether oxygens (including phenoxy) is 1. The van der Waals surface area contributed by atoms with Crippen molar-refractivity contribution in [2.24, 2.45) is 0 Å². The third-order valence-corrected chi connectivity index (χ3v) is 2.98. The number of anilines is 1. The van der Waals surface area contributed by atoms with Crippen molar-refractivity contribution >= 4 is 11.6 Å². The minimum absolute atomic E-state index is 0.0880. The number of morpholine rings is 1. The summed E-state index contributed by atoms with van der Waals surface area (Å²) in [6.45, 7) is 3.88. The van der Waals surface area contributed by atoms with E-state index >= 15 is 0 Å². The summed E-state index contributed by atoms with van der Waals surface area (Å²) < 4.78 is 5.37. The van der Waals surface area contributed by atoms with Gasteiger partial charge >= 0.3 is 0 Å². The zero-order valence-electron chi connectivity index (χ0n) is 10.8. The highest BCUT2D eigenvalue weighted by Crippen LogP contribution is 2.22. The summed E-state index contributed by atoms with van der Waals surface area (Å²) in [7, 11) is 0. The van der Waals surface area contributed by atoms with E-state index in [9.17, 15) is 4.79 Å². The Balaban J connectivity index is 2.29. The predicted molar refractivity (Wildman–Crippen MR) is 69.6 cm³/mol. The van der Waals surface area contributed by atoms with Crippen LogP contribution >= 0.6 is 0 Å². The highest BCUT2D eigenvalue weighted by atomic mass is 16.5. The molecule has 1 aromatic heterocycles. The highest BCUT2D eigenvalue weighted by Gasteiger charge is 2.30. The Morgan fingerprint density at radius 1 is 1.74 bits per heavy atom. The van der Waals surface area contributed by atoms with Crippen molar-refractivity contribution in [3.63, 3.8) is 0 Å². The highest BCUT2D eigenvalue weighted by molar-refractivity contribution is 5.86. The van der Waals surface area contributed by atoms with Crippen LogP contribution in [-0.2, 0) is 9.53 Å². The Kier molecular flexibility index (Phi) is 4.31. The SMILES string of the molecule is CCNC(=O)C1COCCN1c1cccnc1C#N. The summed E-state index contributed by atoms with van der Waals surface area (Å²) in [6, 6.07) is 5.22. The van der Waals surface area contributed by atoms with Gasteiger partial charge in [0.1, 0.15) is 12.1 Å². The van der Waals surface area contributed by atoms with E-state index in [0.29, 0.717) is 37.7 Å². The molecular formula is C13H16N4O2. The van der Waals surface area contributed by atoms with E-state index in [4.69, 9.17) is 10.00 Å². The van der Waals surface area contributed by atoms with E-state index in [1.807, 2.05) is 17.9 Å². The van der Waals surface area contributed by atoms with Crippen LogP contribution in [0.25, 0.3) is 0 Å². The molecule has 1 saturated heterocycles. The number of aromatic nitrogens is 1. The van der Waals surface area contributed by atoms with Crippen LogP contribution < -0.4 is 10.2 Å². The molecule has 1 amide bonds. The zero-order chi connectivity index (χ0) is 13.7. The summed E-state index contributed by atoms with van der Waals surface area (Å²) >= 11 is 0. The summed E-state index contributed by atoms with van der Waals surface area (Å²) in [5.74, 6) is -0.0880. The van der Waals surface area contributed by atoms with Gasteiger partial charge in [-0.05, 0) is 19.1 Å². The molecule has 6 heteroatoms. The number of amides is 1. The third-order valence-electron chi connectivity index (χ3n) is 2.98. The molecular weight excluding hydrogens is 244 g/mol. The number of carbonyl (C=O) groups is 1. The van der Waals surface area contributed by atoms with Gasteiger partial charge in [0.2, 0.25) is 5.91 Å². The van der Waals surface area contributed by atoms with E-state index in [0.717, 1.165) is 0 Å². The van der Waals surface area contributed by atoms with Crippen LogP contribution in [0, 0.1) is 11.3 Å². The van der Waals surface area contributed by atoms with Crippen molar-refractivity contribution in [3.05, 3.63) is 24.0 Å². The average molecular weight is 260 g/mol. The van der Waals surface area contributed by atoms with Gasteiger partial charge in [-0.2, -0.15) is 5.26 Å². The summed E-state index contributed by atoms with van der Waals surface area (Å²) in [4.78, 5) is 18.0. The molecule has 19 heavy (non-hydrogen) atoms. The lowest BCUT2D eigenvalue weighted by Crippen LogP contribution is -2.54. The predicted octanol–water partition coefficient (Wildman–Crippen LogP) is 0.295. The number of nitriles is 1. The number of likely N-dealkylation sites (N-methyl/N-ethyl adjacent to an activating group) is 1. The molecule has 0 spiro atoms. The van der Waals surface area contributed by atoms with Crippen LogP contribution in [-0.4, -0.2) is 43.2 Å². The number of hydrogen-bond donors (Lipinski definition) is 1. The molecule has 1 fully saturated rings. The maximum atomic E-state index is 12.0. The van der Waals surface area contributed by atoms with Crippen LogP contribution in [0.1, 0.15) is 12.6 Å². The molecule has 0 aliphatic carbocycles. The number of nitrogens with one attached hydrogen (secondary N) is 1. The molecule has 2 heterocycles. The molecule has 100 valence electrons. The van der Waals surface area contributed by atoms with Gasteiger partial charge in [0, 0.05) is 19.3 Å². The fourth-order valence-corrected chi connectivity index (χ4v) is 2.12. The molecule has 0 saturated carbocycles. The standard InChI is InChI=1S/C13H16N4O2/c1-2-15-13(18)12-9-19-7-6-17(12)11-4-3-5-16-10(11)8-14/h3-5,12H,2,6-7,9H2,1H3,(H,15,18). The van der Waals surface area contributed by atoms with Crippen molar-refractivity contribution in [1.29, 1.82) is 5.26 Å². The molecule has 1 unspecified atom stereocenters. The zero-order valence-corrected chi connectivity index (χ0v) is 10.8. The molecule has 1 aliphatic rings. The van der Waals surface area contributed by atoms with Crippen LogP contribution in [0.4, 0.5) is 5.69 Å². The molecule has 2 rings (SSSR count).